The molecule has 1 heterocycles. The number of benzene rings is 1. The third kappa shape index (κ3) is 2.50. The summed E-state index contributed by atoms with van der Waals surface area (Å²) in [6, 6.07) is 1.73. The van der Waals surface area contributed by atoms with Crippen molar-refractivity contribution < 1.29 is 13.2 Å². The molecule has 0 atom stereocenters. The summed E-state index contributed by atoms with van der Waals surface area (Å²) in [5.74, 6) is -3.80. The van der Waals surface area contributed by atoms with Gasteiger partial charge in [0.25, 0.3) is 0 Å². The van der Waals surface area contributed by atoms with Gasteiger partial charge in [0.15, 0.2) is 17.5 Å². The van der Waals surface area contributed by atoms with Crippen LogP contribution in [0.4, 0.5) is 19.0 Å². The van der Waals surface area contributed by atoms with Gasteiger partial charge in [0.05, 0.1) is 15.0 Å². The van der Waals surface area contributed by atoms with Crippen molar-refractivity contribution in [2.45, 2.75) is 26.2 Å². The van der Waals surface area contributed by atoms with Gasteiger partial charge < -0.3 is 5.73 Å². The van der Waals surface area contributed by atoms with Gasteiger partial charge in [-0.05, 0) is 22.6 Å². The third-order valence-electron chi connectivity index (χ3n) is 2.78. The zero-order chi connectivity index (χ0) is 15.2. The number of rotatable bonds is 1. The predicted octanol–water partition coefficient (Wildman–Crippen LogP) is 3.77. The fraction of sp³-hybridized carbons (Fsp3) is 0.308. The van der Waals surface area contributed by atoms with Crippen LogP contribution in [-0.4, -0.2) is 9.78 Å². The number of anilines is 1. The Hall–Kier alpha value is -1.25. The lowest BCUT2D eigenvalue weighted by Crippen LogP contribution is -2.14. The third-order valence-corrected chi connectivity index (χ3v) is 3.85. The van der Waals surface area contributed by atoms with Crippen LogP contribution >= 0.6 is 22.6 Å². The number of halogens is 4. The van der Waals surface area contributed by atoms with E-state index >= 15 is 0 Å². The van der Waals surface area contributed by atoms with E-state index in [2.05, 4.69) is 5.10 Å². The van der Waals surface area contributed by atoms with Crippen molar-refractivity contribution in [2.75, 3.05) is 5.73 Å². The number of nitrogen functional groups attached to an aromatic ring is 1. The maximum atomic E-state index is 13.3. The normalized spacial score (nSPS) is 11.9. The Balaban J connectivity index is 2.66. The summed E-state index contributed by atoms with van der Waals surface area (Å²) in [5.41, 5.74) is 6.41. The zero-order valence-corrected chi connectivity index (χ0v) is 13.3. The van der Waals surface area contributed by atoms with E-state index in [0.29, 0.717) is 9.26 Å². The molecule has 0 aliphatic heterocycles. The molecule has 2 aromatic rings. The lowest BCUT2D eigenvalue weighted by atomic mass is 9.92. The molecule has 0 bridgehead atoms. The van der Waals surface area contributed by atoms with E-state index < -0.39 is 17.5 Å². The molecule has 0 saturated heterocycles. The van der Waals surface area contributed by atoms with Crippen LogP contribution in [0.3, 0.4) is 0 Å². The summed E-state index contributed by atoms with van der Waals surface area (Å²) in [5, 5.41) is 4.29. The molecule has 0 aliphatic carbocycles. The minimum atomic E-state index is -1.51. The van der Waals surface area contributed by atoms with Gasteiger partial charge in [-0.15, -0.1) is 0 Å². The average Bonchev–Trinajstić information content (AvgIpc) is 2.62. The molecule has 0 spiro atoms. The van der Waals surface area contributed by atoms with Crippen molar-refractivity contribution in [3.05, 3.63) is 38.8 Å². The predicted molar refractivity (Wildman–Crippen MR) is 79.3 cm³/mol. The molecular weight excluding hydrogens is 382 g/mol. The second-order valence-corrected chi connectivity index (χ2v) is 6.51. The molecule has 1 aromatic carbocycles. The van der Waals surface area contributed by atoms with Crippen molar-refractivity contribution in [2.24, 2.45) is 0 Å². The first-order valence-corrected chi connectivity index (χ1v) is 6.90. The first-order chi connectivity index (χ1) is 9.12. The van der Waals surface area contributed by atoms with E-state index in [9.17, 15) is 13.2 Å². The van der Waals surface area contributed by atoms with E-state index in [0.717, 1.165) is 12.1 Å². The highest BCUT2D eigenvalue weighted by Crippen LogP contribution is 2.31. The van der Waals surface area contributed by atoms with Crippen molar-refractivity contribution in [1.82, 2.24) is 9.78 Å². The van der Waals surface area contributed by atoms with Gasteiger partial charge in [-0.2, -0.15) is 5.10 Å². The van der Waals surface area contributed by atoms with Gasteiger partial charge in [-0.1, -0.05) is 20.8 Å². The van der Waals surface area contributed by atoms with E-state index in [-0.39, 0.29) is 16.9 Å². The van der Waals surface area contributed by atoms with Crippen LogP contribution in [-0.2, 0) is 5.41 Å². The van der Waals surface area contributed by atoms with Crippen LogP contribution in [0.1, 0.15) is 26.5 Å². The number of hydrogen-bond acceptors (Lipinski definition) is 2. The topological polar surface area (TPSA) is 43.8 Å². The number of hydrogen-bond donors (Lipinski definition) is 1. The molecule has 20 heavy (non-hydrogen) atoms. The zero-order valence-electron chi connectivity index (χ0n) is 11.1. The van der Waals surface area contributed by atoms with Crippen LogP contribution < -0.4 is 5.73 Å². The van der Waals surface area contributed by atoms with Crippen molar-refractivity contribution >= 4 is 28.4 Å². The highest BCUT2D eigenvalue weighted by atomic mass is 127. The van der Waals surface area contributed by atoms with Crippen LogP contribution in [0, 0.1) is 21.0 Å². The Morgan fingerprint density at radius 2 is 1.65 bits per heavy atom. The number of aromatic nitrogens is 2. The quantitative estimate of drug-likeness (QED) is 0.590. The number of nitrogens with zero attached hydrogens (tertiary/aromatic N) is 2. The summed E-state index contributed by atoms with van der Waals surface area (Å²) < 4.78 is 41.5. The Labute approximate surface area is 128 Å². The molecule has 7 heteroatoms. The van der Waals surface area contributed by atoms with E-state index in [1.54, 1.807) is 0 Å². The van der Waals surface area contributed by atoms with Gasteiger partial charge in [-0.25, -0.2) is 17.9 Å². The van der Waals surface area contributed by atoms with Crippen molar-refractivity contribution in [3.63, 3.8) is 0 Å². The van der Waals surface area contributed by atoms with Gasteiger partial charge in [0.2, 0.25) is 0 Å². The summed E-state index contributed by atoms with van der Waals surface area (Å²) >= 11 is 2.03. The summed E-state index contributed by atoms with van der Waals surface area (Å²) in [6.45, 7) is 5.85. The molecule has 0 fully saturated rings. The molecule has 2 rings (SSSR count). The summed E-state index contributed by atoms with van der Waals surface area (Å²) in [6.07, 6.45) is 0. The molecule has 108 valence electrons. The highest BCUT2D eigenvalue weighted by Gasteiger charge is 2.25. The van der Waals surface area contributed by atoms with Crippen LogP contribution in [0.5, 0.6) is 0 Å². The Morgan fingerprint density at radius 1 is 1.15 bits per heavy atom. The van der Waals surface area contributed by atoms with E-state index in [4.69, 9.17) is 5.73 Å². The SMILES string of the molecule is CC(C)(C)c1nn(-c2cc(F)c(F)c(F)c2)c(N)c1I. The summed E-state index contributed by atoms with van der Waals surface area (Å²) in [7, 11) is 0. The molecule has 0 amide bonds. The van der Waals surface area contributed by atoms with Crippen molar-refractivity contribution in [3.8, 4) is 5.69 Å². The number of nitrogens with two attached hydrogens (primary N) is 1. The molecule has 3 nitrogen and oxygen atoms in total. The largest absolute Gasteiger partial charge is 0.383 e. The van der Waals surface area contributed by atoms with E-state index in [1.807, 2.05) is 43.4 Å². The molecule has 0 radical (unpaired) electrons. The molecular formula is C13H13F3IN3. The highest BCUT2D eigenvalue weighted by molar-refractivity contribution is 14.1. The van der Waals surface area contributed by atoms with Gasteiger partial charge >= 0.3 is 0 Å². The van der Waals surface area contributed by atoms with Gasteiger partial charge in [0, 0.05) is 17.5 Å². The monoisotopic (exact) mass is 395 g/mol. The Morgan fingerprint density at radius 3 is 2.05 bits per heavy atom. The first-order valence-electron chi connectivity index (χ1n) is 5.82. The van der Waals surface area contributed by atoms with Crippen LogP contribution in [0.2, 0.25) is 0 Å². The second-order valence-electron chi connectivity index (χ2n) is 5.43. The fourth-order valence-electron chi connectivity index (χ4n) is 1.75. The molecule has 0 saturated carbocycles. The van der Waals surface area contributed by atoms with Crippen molar-refractivity contribution in [1.29, 1.82) is 0 Å². The molecule has 0 unspecified atom stereocenters. The minimum Gasteiger partial charge on any atom is -0.383 e. The Bertz CT molecular complexity index is 651. The molecule has 1 aromatic heterocycles. The second kappa shape index (κ2) is 4.94. The minimum absolute atomic E-state index is 0.0484. The van der Waals surface area contributed by atoms with Gasteiger partial charge in [0.1, 0.15) is 5.82 Å². The molecule has 0 aliphatic rings. The van der Waals surface area contributed by atoms with Crippen LogP contribution in [0.25, 0.3) is 5.69 Å². The lowest BCUT2D eigenvalue weighted by molar-refractivity contribution is 0.446. The first kappa shape index (κ1) is 15.1. The average molecular weight is 395 g/mol. The maximum Gasteiger partial charge on any atom is 0.194 e. The summed E-state index contributed by atoms with van der Waals surface area (Å²) in [4.78, 5) is 0. The molecule has 2 N–H and O–H groups in total. The van der Waals surface area contributed by atoms with Gasteiger partial charge in [-0.3, -0.25) is 0 Å². The standard InChI is InChI=1S/C13H13F3IN3/c1-13(2,3)11-10(17)12(18)20(19-11)6-4-7(14)9(16)8(15)5-6/h4-5H,18H2,1-3H3. The van der Waals surface area contributed by atoms with E-state index in [1.165, 1.54) is 4.68 Å². The smallest absolute Gasteiger partial charge is 0.194 e. The Kier molecular flexibility index (Phi) is 3.74. The fourth-order valence-corrected chi connectivity index (χ4v) is 2.90. The van der Waals surface area contributed by atoms with Crippen LogP contribution in [0.15, 0.2) is 12.1 Å². The maximum absolute atomic E-state index is 13.3. The lowest BCUT2D eigenvalue weighted by Gasteiger charge is -2.15.